The Hall–Kier alpha value is -1.71. The van der Waals surface area contributed by atoms with Gasteiger partial charge in [-0.3, -0.25) is 4.79 Å². The molecule has 1 aromatic carbocycles. The van der Waals surface area contributed by atoms with E-state index in [1.165, 1.54) is 0 Å². The van der Waals surface area contributed by atoms with Crippen LogP contribution in [0.25, 0.3) is 0 Å². The molecule has 92 valence electrons. The molecule has 0 spiro atoms. The number of benzene rings is 1. The Morgan fingerprint density at radius 3 is 2.65 bits per heavy atom. The highest BCUT2D eigenvalue weighted by molar-refractivity contribution is 6.02. The third kappa shape index (κ3) is 1.73. The molecule has 1 amide bonds. The molecule has 0 unspecified atom stereocenters. The molecule has 0 aliphatic carbocycles. The number of amides is 1. The summed E-state index contributed by atoms with van der Waals surface area (Å²) in [5.74, 6) is 1.20. The van der Waals surface area contributed by atoms with Crippen molar-refractivity contribution >= 4 is 11.6 Å². The molecule has 1 aromatic rings. The molecule has 1 heterocycles. The van der Waals surface area contributed by atoms with Crippen LogP contribution in [0.1, 0.15) is 26.7 Å². The van der Waals surface area contributed by atoms with Gasteiger partial charge >= 0.3 is 0 Å². The molecule has 1 aliphatic rings. The predicted molar refractivity (Wildman–Crippen MR) is 65.6 cm³/mol. The summed E-state index contributed by atoms with van der Waals surface area (Å²) in [7, 11) is 1.57. The Balaban J connectivity index is 2.46. The highest BCUT2D eigenvalue weighted by Gasteiger charge is 2.42. The fourth-order valence-electron chi connectivity index (χ4n) is 2.09. The highest BCUT2D eigenvalue weighted by atomic mass is 16.5. The number of carbonyl (C=O) groups excluding carboxylic acids is 1. The van der Waals surface area contributed by atoms with E-state index in [4.69, 9.17) is 9.47 Å². The molecule has 4 heteroatoms. The number of fused-ring (bicyclic) bond motifs is 1. The van der Waals surface area contributed by atoms with Gasteiger partial charge in [0.25, 0.3) is 5.91 Å². The third-order valence-corrected chi connectivity index (χ3v) is 3.31. The molecule has 0 radical (unpaired) electrons. The van der Waals surface area contributed by atoms with Crippen molar-refractivity contribution in [2.24, 2.45) is 0 Å². The van der Waals surface area contributed by atoms with Crippen LogP contribution in [0.3, 0.4) is 0 Å². The van der Waals surface area contributed by atoms with E-state index >= 15 is 0 Å². The smallest absolute Gasteiger partial charge is 0.268 e. The van der Waals surface area contributed by atoms with Crippen LogP contribution in [-0.2, 0) is 4.79 Å². The van der Waals surface area contributed by atoms with Gasteiger partial charge in [-0.15, -0.1) is 0 Å². The lowest BCUT2D eigenvalue weighted by atomic mass is 9.94. The van der Waals surface area contributed by atoms with Gasteiger partial charge < -0.3 is 14.8 Å². The molecule has 0 fully saturated rings. The van der Waals surface area contributed by atoms with E-state index in [0.717, 1.165) is 0 Å². The van der Waals surface area contributed by atoms with Crippen molar-refractivity contribution in [2.45, 2.75) is 32.3 Å². The molecule has 4 nitrogen and oxygen atoms in total. The van der Waals surface area contributed by atoms with Crippen LogP contribution in [0, 0.1) is 0 Å². The van der Waals surface area contributed by atoms with E-state index in [-0.39, 0.29) is 5.91 Å². The van der Waals surface area contributed by atoms with E-state index in [2.05, 4.69) is 5.32 Å². The zero-order valence-corrected chi connectivity index (χ0v) is 10.4. The molecular weight excluding hydrogens is 218 g/mol. The number of rotatable bonds is 3. The van der Waals surface area contributed by atoms with Gasteiger partial charge in [0.15, 0.2) is 5.60 Å². The van der Waals surface area contributed by atoms with Gasteiger partial charge in [0, 0.05) is 0 Å². The van der Waals surface area contributed by atoms with Crippen LogP contribution in [0.15, 0.2) is 18.2 Å². The van der Waals surface area contributed by atoms with E-state index in [9.17, 15) is 4.79 Å². The van der Waals surface area contributed by atoms with Gasteiger partial charge in [-0.1, -0.05) is 19.9 Å². The summed E-state index contributed by atoms with van der Waals surface area (Å²) >= 11 is 0. The van der Waals surface area contributed by atoms with Gasteiger partial charge in [-0.2, -0.15) is 0 Å². The molecule has 0 saturated carbocycles. The molecule has 0 aromatic heterocycles. The first-order chi connectivity index (χ1) is 8.16. The SMILES string of the molecule is CCC1(CC)Oc2cccc(OC)c2NC1=O. The average Bonchev–Trinajstić information content (AvgIpc) is 2.37. The number of carbonyl (C=O) groups is 1. The van der Waals surface area contributed by atoms with Crippen LogP contribution in [0.5, 0.6) is 11.5 Å². The molecule has 2 rings (SSSR count). The van der Waals surface area contributed by atoms with Crippen molar-refractivity contribution in [1.82, 2.24) is 0 Å². The highest BCUT2D eigenvalue weighted by Crippen LogP contribution is 2.41. The van der Waals surface area contributed by atoms with E-state index < -0.39 is 5.60 Å². The second-order valence-electron chi connectivity index (χ2n) is 4.09. The van der Waals surface area contributed by atoms with Crippen LogP contribution < -0.4 is 14.8 Å². The summed E-state index contributed by atoms with van der Waals surface area (Å²) < 4.78 is 11.1. The topological polar surface area (TPSA) is 47.6 Å². The Labute approximate surface area is 101 Å². The van der Waals surface area contributed by atoms with Crippen LogP contribution in [0.4, 0.5) is 5.69 Å². The van der Waals surface area contributed by atoms with Gasteiger partial charge in [0.05, 0.1) is 7.11 Å². The fraction of sp³-hybridized carbons (Fsp3) is 0.462. The number of nitrogens with one attached hydrogen (secondary N) is 1. The summed E-state index contributed by atoms with van der Waals surface area (Å²) in [5.41, 5.74) is -0.128. The molecule has 0 bridgehead atoms. The normalized spacial score (nSPS) is 16.8. The number of anilines is 1. The summed E-state index contributed by atoms with van der Waals surface area (Å²) in [6.07, 6.45) is 1.29. The van der Waals surface area contributed by atoms with Gasteiger partial charge in [-0.05, 0) is 25.0 Å². The zero-order valence-electron chi connectivity index (χ0n) is 10.4. The first-order valence-corrected chi connectivity index (χ1v) is 5.84. The number of ether oxygens (including phenoxy) is 2. The monoisotopic (exact) mass is 235 g/mol. The first-order valence-electron chi connectivity index (χ1n) is 5.84. The molecule has 17 heavy (non-hydrogen) atoms. The molecule has 0 saturated heterocycles. The van der Waals surface area contributed by atoms with Crippen molar-refractivity contribution in [3.63, 3.8) is 0 Å². The summed E-state index contributed by atoms with van der Waals surface area (Å²) in [6.45, 7) is 3.91. The Bertz CT molecular complexity index is 438. The fourth-order valence-corrected chi connectivity index (χ4v) is 2.09. The summed E-state index contributed by atoms with van der Waals surface area (Å²) in [5, 5.41) is 2.88. The predicted octanol–water partition coefficient (Wildman–Crippen LogP) is 2.58. The summed E-state index contributed by atoms with van der Waals surface area (Å²) in [6, 6.07) is 5.50. The summed E-state index contributed by atoms with van der Waals surface area (Å²) in [4.78, 5) is 12.1. The molecule has 1 aliphatic heterocycles. The Kier molecular flexibility index (Phi) is 2.96. The van der Waals surface area contributed by atoms with Crippen LogP contribution in [0.2, 0.25) is 0 Å². The van der Waals surface area contributed by atoms with E-state index in [1.807, 2.05) is 26.0 Å². The standard InChI is InChI=1S/C13H17NO3/c1-4-13(5-2)12(15)14-11-9(16-3)7-6-8-10(11)17-13/h6-8H,4-5H2,1-3H3,(H,14,15). The van der Waals surface area contributed by atoms with Gasteiger partial charge in [0.2, 0.25) is 0 Å². The van der Waals surface area contributed by atoms with Crippen LogP contribution in [-0.4, -0.2) is 18.6 Å². The largest absolute Gasteiger partial charge is 0.494 e. The lowest BCUT2D eigenvalue weighted by Crippen LogP contribution is -2.50. The number of methoxy groups -OCH3 is 1. The van der Waals surface area contributed by atoms with Crippen molar-refractivity contribution in [2.75, 3.05) is 12.4 Å². The zero-order chi connectivity index (χ0) is 12.5. The number of hydrogen-bond donors (Lipinski definition) is 1. The number of para-hydroxylation sites is 1. The van der Waals surface area contributed by atoms with Gasteiger partial charge in [0.1, 0.15) is 17.2 Å². The minimum absolute atomic E-state index is 0.0977. The maximum absolute atomic E-state index is 12.1. The Morgan fingerprint density at radius 1 is 1.35 bits per heavy atom. The lowest BCUT2D eigenvalue weighted by molar-refractivity contribution is -0.133. The van der Waals surface area contributed by atoms with Crippen molar-refractivity contribution in [3.8, 4) is 11.5 Å². The molecule has 1 N–H and O–H groups in total. The molecule has 0 atom stereocenters. The van der Waals surface area contributed by atoms with Crippen molar-refractivity contribution < 1.29 is 14.3 Å². The lowest BCUT2D eigenvalue weighted by Gasteiger charge is -2.36. The third-order valence-electron chi connectivity index (χ3n) is 3.31. The minimum atomic E-state index is -0.751. The minimum Gasteiger partial charge on any atom is -0.494 e. The van der Waals surface area contributed by atoms with Crippen molar-refractivity contribution in [3.05, 3.63) is 18.2 Å². The second kappa shape index (κ2) is 4.28. The molecular formula is C13H17NO3. The van der Waals surface area contributed by atoms with Crippen LogP contribution >= 0.6 is 0 Å². The van der Waals surface area contributed by atoms with Gasteiger partial charge in [-0.25, -0.2) is 0 Å². The average molecular weight is 235 g/mol. The first kappa shape index (κ1) is 11.8. The second-order valence-corrected chi connectivity index (χ2v) is 4.09. The number of hydrogen-bond acceptors (Lipinski definition) is 3. The maximum Gasteiger partial charge on any atom is 0.268 e. The van der Waals surface area contributed by atoms with E-state index in [0.29, 0.717) is 30.0 Å². The quantitative estimate of drug-likeness (QED) is 0.876. The Morgan fingerprint density at radius 2 is 2.06 bits per heavy atom. The maximum atomic E-state index is 12.1. The van der Waals surface area contributed by atoms with Crippen molar-refractivity contribution in [1.29, 1.82) is 0 Å². The van der Waals surface area contributed by atoms with E-state index in [1.54, 1.807) is 13.2 Å².